The Morgan fingerprint density at radius 2 is 1.90 bits per heavy atom. The topological polar surface area (TPSA) is 30.7 Å². The Kier molecular flexibility index (Phi) is 2.99. The van der Waals surface area contributed by atoms with Gasteiger partial charge in [0.1, 0.15) is 11.3 Å². The van der Waals surface area contributed by atoms with Gasteiger partial charge in [0.05, 0.1) is 5.88 Å². The Labute approximate surface area is 124 Å². The molecule has 2 fully saturated rings. The number of hydrogen-bond acceptors (Lipinski definition) is 2. The average molecular weight is 290 g/mol. The molecule has 0 aliphatic heterocycles. The summed E-state index contributed by atoms with van der Waals surface area (Å²) in [5, 5.41) is 0. The first-order valence-corrected chi connectivity index (χ1v) is 8.18. The molecule has 2 saturated carbocycles. The monoisotopic (exact) mass is 289 g/mol. The van der Waals surface area contributed by atoms with E-state index < -0.39 is 0 Å². The van der Waals surface area contributed by atoms with Gasteiger partial charge in [0.15, 0.2) is 5.65 Å². The maximum absolute atomic E-state index is 6.11. The molecule has 2 aromatic heterocycles. The van der Waals surface area contributed by atoms with Crippen LogP contribution in [-0.2, 0) is 12.4 Å². The zero-order valence-electron chi connectivity index (χ0n) is 11.8. The van der Waals surface area contributed by atoms with Crippen LogP contribution in [0, 0.1) is 24.7 Å². The molecule has 3 nitrogen and oxygen atoms in total. The highest BCUT2D eigenvalue weighted by Crippen LogP contribution is 2.50. The number of aryl methyl sites for hydroxylation is 1. The quantitative estimate of drug-likeness (QED) is 0.781. The van der Waals surface area contributed by atoms with Crippen LogP contribution >= 0.6 is 11.6 Å². The van der Waals surface area contributed by atoms with E-state index in [1.807, 2.05) is 13.0 Å². The third-order valence-electron chi connectivity index (χ3n) is 4.78. The average Bonchev–Trinajstić information content (AvgIpc) is 3.33. The van der Waals surface area contributed by atoms with Crippen molar-refractivity contribution in [1.82, 2.24) is 14.5 Å². The first kappa shape index (κ1) is 12.6. The lowest BCUT2D eigenvalue weighted by molar-refractivity contribution is 0.349. The summed E-state index contributed by atoms with van der Waals surface area (Å²) in [5.74, 6) is 4.14. The summed E-state index contributed by atoms with van der Waals surface area (Å²) in [7, 11) is 0. The number of pyridine rings is 1. The van der Waals surface area contributed by atoms with Crippen LogP contribution in [0.3, 0.4) is 0 Å². The molecule has 4 heteroatoms. The molecule has 0 N–H and O–H groups in total. The van der Waals surface area contributed by atoms with Crippen molar-refractivity contribution in [2.75, 3.05) is 0 Å². The van der Waals surface area contributed by atoms with Crippen LogP contribution in [0.25, 0.3) is 11.2 Å². The fourth-order valence-corrected chi connectivity index (χ4v) is 3.58. The molecule has 2 aromatic rings. The number of rotatable bonds is 5. The SMILES string of the molecule is Cc1ccc2nc(CCl)n(CC(C3CC3)C3CC3)c2n1. The Morgan fingerprint density at radius 1 is 1.20 bits per heavy atom. The Balaban J connectivity index is 1.74. The number of halogens is 1. The highest BCUT2D eigenvalue weighted by atomic mass is 35.5. The zero-order valence-corrected chi connectivity index (χ0v) is 12.6. The third-order valence-corrected chi connectivity index (χ3v) is 5.02. The largest absolute Gasteiger partial charge is 0.311 e. The first-order valence-electron chi connectivity index (χ1n) is 7.65. The predicted octanol–water partition coefficient (Wildman–Crippen LogP) is 3.91. The van der Waals surface area contributed by atoms with Crippen LogP contribution in [-0.4, -0.2) is 14.5 Å². The fraction of sp³-hybridized carbons (Fsp3) is 0.625. The van der Waals surface area contributed by atoms with Gasteiger partial charge in [0.25, 0.3) is 0 Å². The van der Waals surface area contributed by atoms with Gasteiger partial charge in [-0.1, -0.05) is 0 Å². The molecule has 0 aromatic carbocycles. The van der Waals surface area contributed by atoms with Crippen molar-refractivity contribution in [3.8, 4) is 0 Å². The number of nitrogens with zero attached hydrogens (tertiary/aromatic N) is 3. The van der Waals surface area contributed by atoms with E-state index in [4.69, 9.17) is 16.6 Å². The second kappa shape index (κ2) is 4.73. The van der Waals surface area contributed by atoms with Gasteiger partial charge in [0.2, 0.25) is 0 Å². The van der Waals surface area contributed by atoms with Crippen LogP contribution in [0.15, 0.2) is 12.1 Å². The molecular formula is C16H20ClN3. The van der Waals surface area contributed by atoms with Crippen molar-refractivity contribution in [2.24, 2.45) is 17.8 Å². The van der Waals surface area contributed by atoms with Gasteiger partial charge in [-0.2, -0.15) is 0 Å². The molecule has 0 bridgehead atoms. The van der Waals surface area contributed by atoms with Crippen molar-refractivity contribution < 1.29 is 0 Å². The summed E-state index contributed by atoms with van der Waals surface area (Å²) in [6.45, 7) is 3.10. The van der Waals surface area contributed by atoms with E-state index in [9.17, 15) is 0 Å². The Hall–Kier alpha value is -1.09. The van der Waals surface area contributed by atoms with Crippen molar-refractivity contribution in [3.63, 3.8) is 0 Å². The molecule has 0 saturated heterocycles. The minimum absolute atomic E-state index is 0.470. The van der Waals surface area contributed by atoms with Gasteiger partial charge in [0, 0.05) is 12.2 Å². The number of fused-ring (bicyclic) bond motifs is 1. The van der Waals surface area contributed by atoms with Crippen molar-refractivity contribution in [3.05, 3.63) is 23.7 Å². The molecule has 2 aliphatic carbocycles. The van der Waals surface area contributed by atoms with Crippen molar-refractivity contribution in [2.45, 2.75) is 45.0 Å². The van der Waals surface area contributed by atoms with E-state index >= 15 is 0 Å². The minimum Gasteiger partial charge on any atom is -0.311 e. The van der Waals surface area contributed by atoms with Gasteiger partial charge in [-0.25, -0.2) is 9.97 Å². The number of hydrogen-bond donors (Lipinski definition) is 0. The van der Waals surface area contributed by atoms with Crippen LogP contribution in [0.2, 0.25) is 0 Å². The fourth-order valence-electron chi connectivity index (χ4n) is 3.38. The molecular weight excluding hydrogens is 270 g/mol. The van der Waals surface area contributed by atoms with E-state index in [-0.39, 0.29) is 0 Å². The lowest BCUT2D eigenvalue weighted by Crippen LogP contribution is -2.17. The summed E-state index contributed by atoms with van der Waals surface area (Å²) >= 11 is 6.11. The normalized spacial score (nSPS) is 19.1. The summed E-state index contributed by atoms with van der Waals surface area (Å²) < 4.78 is 2.29. The number of alkyl halides is 1. The number of aromatic nitrogens is 3. The first-order chi connectivity index (χ1) is 9.76. The highest BCUT2D eigenvalue weighted by molar-refractivity contribution is 6.16. The summed E-state index contributed by atoms with van der Waals surface area (Å²) in [6, 6.07) is 4.09. The third kappa shape index (κ3) is 2.22. The standard InChI is InChI=1S/C16H20ClN3/c1-10-2-7-14-16(18-10)20(15(8-17)19-14)9-13(11-3-4-11)12-5-6-12/h2,7,11-13H,3-6,8-9H2,1H3. The molecule has 20 heavy (non-hydrogen) atoms. The van der Waals surface area contributed by atoms with Crippen LogP contribution < -0.4 is 0 Å². The molecule has 0 unspecified atom stereocenters. The minimum atomic E-state index is 0.470. The molecule has 0 atom stereocenters. The lowest BCUT2D eigenvalue weighted by atomic mass is 9.98. The van der Waals surface area contributed by atoms with E-state index in [2.05, 4.69) is 15.6 Å². The predicted molar refractivity (Wildman–Crippen MR) is 80.8 cm³/mol. The second-order valence-electron chi connectivity index (χ2n) is 6.41. The van der Waals surface area contributed by atoms with E-state index in [1.54, 1.807) is 0 Å². The maximum Gasteiger partial charge on any atom is 0.160 e. The van der Waals surface area contributed by atoms with E-state index in [0.717, 1.165) is 47.0 Å². The summed E-state index contributed by atoms with van der Waals surface area (Å²) in [5.41, 5.74) is 3.05. The highest BCUT2D eigenvalue weighted by Gasteiger charge is 2.41. The van der Waals surface area contributed by atoms with Crippen molar-refractivity contribution in [1.29, 1.82) is 0 Å². The molecule has 0 radical (unpaired) electrons. The zero-order chi connectivity index (χ0) is 13.7. The molecule has 4 rings (SSSR count). The smallest absolute Gasteiger partial charge is 0.160 e. The Morgan fingerprint density at radius 3 is 2.50 bits per heavy atom. The van der Waals surface area contributed by atoms with Gasteiger partial charge < -0.3 is 4.57 Å². The Bertz CT molecular complexity index is 628. The lowest BCUT2D eigenvalue weighted by Gasteiger charge is -2.18. The van der Waals surface area contributed by atoms with Gasteiger partial charge in [-0.15, -0.1) is 11.6 Å². The van der Waals surface area contributed by atoms with Gasteiger partial charge in [-0.05, 0) is 62.5 Å². The molecule has 106 valence electrons. The van der Waals surface area contributed by atoms with Gasteiger partial charge in [-0.3, -0.25) is 0 Å². The maximum atomic E-state index is 6.11. The van der Waals surface area contributed by atoms with Crippen molar-refractivity contribution >= 4 is 22.8 Å². The number of imidazole rings is 1. The van der Waals surface area contributed by atoms with E-state index in [1.165, 1.54) is 25.7 Å². The molecule has 2 heterocycles. The van der Waals surface area contributed by atoms with Gasteiger partial charge >= 0.3 is 0 Å². The van der Waals surface area contributed by atoms with Crippen LogP contribution in [0.5, 0.6) is 0 Å². The van der Waals surface area contributed by atoms with Crippen LogP contribution in [0.4, 0.5) is 0 Å². The summed E-state index contributed by atoms with van der Waals surface area (Å²) in [4.78, 5) is 9.35. The molecule has 2 aliphatic rings. The van der Waals surface area contributed by atoms with Crippen LogP contribution in [0.1, 0.15) is 37.2 Å². The molecule has 0 spiro atoms. The van der Waals surface area contributed by atoms with E-state index in [0.29, 0.717) is 5.88 Å². The second-order valence-corrected chi connectivity index (χ2v) is 6.67. The molecule has 0 amide bonds. The summed E-state index contributed by atoms with van der Waals surface area (Å²) in [6.07, 6.45) is 5.65.